The van der Waals surface area contributed by atoms with Gasteiger partial charge in [0.15, 0.2) is 12.2 Å². The van der Waals surface area contributed by atoms with Gasteiger partial charge in [-0.2, -0.15) is 0 Å². The zero-order valence-electron chi connectivity index (χ0n) is 19.9. The molecule has 0 saturated carbocycles. The largest absolute Gasteiger partial charge is 0.479 e. The Bertz CT molecular complexity index is 914. The lowest BCUT2D eigenvalue weighted by molar-refractivity contribution is -0.177. The molecular formula is C25H32O7Si. The van der Waals surface area contributed by atoms with Crippen LogP contribution in [0, 0.1) is 0 Å². The predicted octanol–water partition coefficient (Wildman–Crippen LogP) is 2.90. The van der Waals surface area contributed by atoms with Crippen molar-refractivity contribution in [3.05, 3.63) is 60.7 Å². The molecule has 0 amide bonds. The van der Waals surface area contributed by atoms with Crippen LogP contribution in [0.4, 0.5) is 0 Å². The average Bonchev–Trinajstić information content (AvgIpc) is 2.77. The molecule has 7 nitrogen and oxygen atoms in total. The lowest BCUT2D eigenvalue weighted by Gasteiger charge is -2.44. The van der Waals surface area contributed by atoms with E-state index >= 15 is 0 Å². The molecule has 0 aliphatic heterocycles. The van der Waals surface area contributed by atoms with Gasteiger partial charge in [-0.3, -0.25) is 0 Å². The summed E-state index contributed by atoms with van der Waals surface area (Å²) in [5, 5.41) is 10.6. The quantitative estimate of drug-likeness (QED) is 0.442. The standard InChI is InChI=1S/C25H32O7Si/c1-17(22(26)27)30-23(28)18(2)31-24(29)19(3)32-33(25(4,5)6,20-13-9-7-10-14-20)21-15-11-8-12-16-21/h7-19H,1-6H3,(H,26,27)/t17-,18-,19-/m0/s1. The summed E-state index contributed by atoms with van der Waals surface area (Å²) >= 11 is 0. The van der Waals surface area contributed by atoms with Gasteiger partial charge in [0.05, 0.1) is 0 Å². The van der Waals surface area contributed by atoms with E-state index < -0.39 is 44.5 Å². The number of aliphatic carboxylic acids is 1. The Morgan fingerprint density at radius 3 is 1.52 bits per heavy atom. The lowest BCUT2D eigenvalue weighted by Crippen LogP contribution is -2.68. The van der Waals surface area contributed by atoms with Gasteiger partial charge in [-0.25, -0.2) is 14.4 Å². The van der Waals surface area contributed by atoms with E-state index in [0.29, 0.717) is 0 Å². The van der Waals surface area contributed by atoms with E-state index in [1.54, 1.807) is 6.92 Å². The van der Waals surface area contributed by atoms with Crippen LogP contribution in [0.5, 0.6) is 0 Å². The summed E-state index contributed by atoms with van der Waals surface area (Å²) in [6.07, 6.45) is -3.60. The minimum absolute atomic E-state index is 0.342. The molecule has 0 heterocycles. The van der Waals surface area contributed by atoms with Crippen molar-refractivity contribution in [1.82, 2.24) is 0 Å². The van der Waals surface area contributed by atoms with Crippen LogP contribution in [0.3, 0.4) is 0 Å². The van der Waals surface area contributed by atoms with E-state index in [4.69, 9.17) is 19.0 Å². The van der Waals surface area contributed by atoms with E-state index in [2.05, 4.69) is 20.8 Å². The maximum absolute atomic E-state index is 12.9. The Kier molecular flexibility index (Phi) is 8.57. The molecule has 0 aromatic heterocycles. The van der Waals surface area contributed by atoms with Crippen LogP contribution >= 0.6 is 0 Å². The number of hydrogen-bond donors (Lipinski definition) is 1. The highest BCUT2D eigenvalue weighted by molar-refractivity contribution is 6.99. The summed E-state index contributed by atoms with van der Waals surface area (Å²) < 4.78 is 16.7. The number of hydrogen-bond acceptors (Lipinski definition) is 6. The van der Waals surface area contributed by atoms with Crippen molar-refractivity contribution in [3.8, 4) is 0 Å². The summed E-state index contributed by atoms with van der Waals surface area (Å²) in [6, 6.07) is 19.7. The second-order valence-corrected chi connectivity index (χ2v) is 13.2. The summed E-state index contributed by atoms with van der Waals surface area (Å²) in [4.78, 5) is 35.9. The minimum atomic E-state index is -2.99. The van der Waals surface area contributed by atoms with Crippen molar-refractivity contribution >= 4 is 36.6 Å². The van der Waals surface area contributed by atoms with Gasteiger partial charge in [0.2, 0.25) is 0 Å². The number of rotatable bonds is 9. The molecule has 0 saturated heterocycles. The molecule has 0 aliphatic rings. The van der Waals surface area contributed by atoms with Gasteiger partial charge in [0.25, 0.3) is 8.32 Å². The Morgan fingerprint density at radius 1 is 0.727 bits per heavy atom. The summed E-state index contributed by atoms with van der Waals surface area (Å²) in [5.74, 6) is -2.95. The third kappa shape index (κ3) is 6.09. The van der Waals surface area contributed by atoms with Gasteiger partial charge in [0.1, 0.15) is 6.10 Å². The molecule has 0 bridgehead atoms. The molecule has 0 spiro atoms. The van der Waals surface area contributed by atoms with Crippen LogP contribution < -0.4 is 10.4 Å². The van der Waals surface area contributed by atoms with E-state index in [1.807, 2.05) is 60.7 Å². The molecule has 0 fully saturated rings. The molecule has 3 atom stereocenters. The number of esters is 2. The number of carbonyl (C=O) groups excluding carboxylic acids is 2. The molecule has 2 aromatic carbocycles. The summed E-state index contributed by atoms with van der Waals surface area (Å²) in [6.45, 7) is 10.4. The highest BCUT2D eigenvalue weighted by Gasteiger charge is 2.52. The lowest BCUT2D eigenvalue weighted by atomic mass is 10.2. The van der Waals surface area contributed by atoms with Crippen LogP contribution in [0.15, 0.2) is 60.7 Å². The SMILES string of the molecule is C[C@H](OC(=O)[C@H](C)OC(=O)[C@H](C)O[Si](c1ccccc1)(c1ccccc1)C(C)(C)C)C(=O)O. The third-order valence-corrected chi connectivity index (χ3v) is 10.5. The predicted molar refractivity (Wildman–Crippen MR) is 127 cm³/mol. The zero-order chi connectivity index (χ0) is 24.8. The van der Waals surface area contributed by atoms with Gasteiger partial charge < -0.3 is 19.0 Å². The van der Waals surface area contributed by atoms with Gasteiger partial charge in [-0.05, 0) is 36.2 Å². The van der Waals surface area contributed by atoms with Crippen LogP contribution in [-0.2, 0) is 28.3 Å². The second-order valence-electron chi connectivity index (χ2n) is 8.92. The van der Waals surface area contributed by atoms with E-state index in [1.165, 1.54) is 13.8 Å². The summed E-state index contributed by atoms with van der Waals surface area (Å²) in [5.41, 5.74) is 0. The monoisotopic (exact) mass is 472 g/mol. The molecule has 0 aliphatic carbocycles. The minimum Gasteiger partial charge on any atom is -0.479 e. The fourth-order valence-corrected chi connectivity index (χ4v) is 8.28. The first-order valence-corrected chi connectivity index (χ1v) is 12.7. The maximum atomic E-state index is 12.9. The molecule has 2 aromatic rings. The topological polar surface area (TPSA) is 99.1 Å². The fourth-order valence-electron chi connectivity index (χ4n) is 3.64. The average molecular weight is 473 g/mol. The molecule has 0 radical (unpaired) electrons. The van der Waals surface area contributed by atoms with Crippen molar-refractivity contribution in [2.45, 2.75) is 64.9 Å². The third-order valence-electron chi connectivity index (χ3n) is 5.37. The van der Waals surface area contributed by atoms with Crippen molar-refractivity contribution < 1.29 is 33.4 Å². The molecule has 1 N–H and O–H groups in total. The first-order chi connectivity index (χ1) is 15.4. The Hall–Kier alpha value is -2.97. The molecular weight excluding hydrogens is 440 g/mol. The zero-order valence-corrected chi connectivity index (χ0v) is 20.9. The molecule has 8 heteroatoms. The molecule has 178 valence electrons. The number of carbonyl (C=O) groups is 3. The highest BCUT2D eigenvalue weighted by Crippen LogP contribution is 2.37. The second kappa shape index (κ2) is 10.8. The van der Waals surface area contributed by atoms with E-state index in [9.17, 15) is 14.4 Å². The van der Waals surface area contributed by atoms with E-state index in [0.717, 1.165) is 10.4 Å². The van der Waals surface area contributed by atoms with Gasteiger partial charge in [-0.15, -0.1) is 0 Å². The molecule has 33 heavy (non-hydrogen) atoms. The first-order valence-electron chi connectivity index (χ1n) is 10.8. The Morgan fingerprint density at radius 2 is 1.12 bits per heavy atom. The Labute approximate surface area is 195 Å². The van der Waals surface area contributed by atoms with Gasteiger partial charge in [0, 0.05) is 0 Å². The van der Waals surface area contributed by atoms with Crippen molar-refractivity contribution in [2.24, 2.45) is 0 Å². The van der Waals surface area contributed by atoms with Crippen LogP contribution in [0.25, 0.3) is 0 Å². The van der Waals surface area contributed by atoms with Gasteiger partial charge >= 0.3 is 17.9 Å². The van der Waals surface area contributed by atoms with E-state index in [-0.39, 0.29) is 5.04 Å². The van der Waals surface area contributed by atoms with Crippen LogP contribution in [0.2, 0.25) is 5.04 Å². The van der Waals surface area contributed by atoms with Crippen molar-refractivity contribution in [1.29, 1.82) is 0 Å². The number of benzene rings is 2. The molecule has 0 unspecified atom stereocenters. The summed E-state index contributed by atoms with van der Waals surface area (Å²) in [7, 11) is -2.99. The number of carboxylic acids is 1. The van der Waals surface area contributed by atoms with Gasteiger partial charge in [-0.1, -0.05) is 81.4 Å². The van der Waals surface area contributed by atoms with Crippen LogP contribution in [0.1, 0.15) is 41.5 Å². The maximum Gasteiger partial charge on any atom is 0.347 e. The van der Waals surface area contributed by atoms with Crippen LogP contribution in [-0.4, -0.2) is 49.6 Å². The fraction of sp³-hybridized carbons (Fsp3) is 0.400. The molecule has 2 rings (SSSR count). The number of carboxylic acid groups (broad SMARTS) is 1. The smallest absolute Gasteiger partial charge is 0.347 e. The van der Waals surface area contributed by atoms with Crippen molar-refractivity contribution in [3.63, 3.8) is 0 Å². The number of ether oxygens (including phenoxy) is 2. The van der Waals surface area contributed by atoms with Crippen molar-refractivity contribution in [2.75, 3.05) is 0 Å². The Balaban J connectivity index is 2.34. The first kappa shape index (κ1) is 26.3. The normalized spacial score (nSPS) is 14.6. The highest BCUT2D eigenvalue weighted by atomic mass is 28.4.